The highest BCUT2D eigenvalue weighted by Gasteiger charge is 2.07. The third-order valence-electron chi connectivity index (χ3n) is 2.60. The highest BCUT2D eigenvalue weighted by atomic mass is 14.8. The molecule has 0 atom stereocenters. The van der Waals surface area contributed by atoms with E-state index in [9.17, 15) is 0 Å². The van der Waals surface area contributed by atoms with Crippen molar-refractivity contribution in [3.05, 3.63) is 23.4 Å². The number of pyridine rings is 1. The number of hydrogen-bond donors (Lipinski definition) is 1. The molecule has 0 amide bonds. The first-order chi connectivity index (χ1) is 6.19. The Morgan fingerprint density at radius 3 is 2.46 bits per heavy atom. The summed E-state index contributed by atoms with van der Waals surface area (Å²) in [6.45, 7) is 6.42. The van der Waals surface area contributed by atoms with E-state index >= 15 is 0 Å². The quantitative estimate of drug-likeness (QED) is 0.773. The SMILES string of the molecule is CCC(CC)c1cnc(N)c(C)c1. The molecule has 0 unspecified atom stereocenters. The summed E-state index contributed by atoms with van der Waals surface area (Å²) in [4.78, 5) is 4.17. The van der Waals surface area contributed by atoms with Crippen LogP contribution in [0.5, 0.6) is 0 Å². The molecule has 2 heteroatoms. The lowest BCUT2D eigenvalue weighted by atomic mass is 9.94. The molecule has 0 aliphatic carbocycles. The van der Waals surface area contributed by atoms with Crippen molar-refractivity contribution in [3.63, 3.8) is 0 Å². The molecule has 2 N–H and O–H groups in total. The lowest BCUT2D eigenvalue weighted by molar-refractivity contribution is 0.639. The Labute approximate surface area is 80.2 Å². The Hall–Kier alpha value is -1.05. The Bertz CT molecular complexity index is 277. The predicted molar refractivity (Wildman–Crippen MR) is 56.7 cm³/mol. The zero-order chi connectivity index (χ0) is 9.84. The van der Waals surface area contributed by atoms with Gasteiger partial charge in [-0.3, -0.25) is 0 Å². The highest BCUT2D eigenvalue weighted by Crippen LogP contribution is 2.23. The van der Waals surface area contributed by atoms with Gasteiger partial charge in [-0.1, -0.05) is 19.9 Å². The van der Waals surface area contributed by atoms with Crippen molar-refractivity contribution >= 4 is 5.82 Å². The van der Waals surface area contributed by atoms with Gasteiger partial charge in [-0.15, -0.1) is 0 Å². The summed E-state index contributed by atoms with van der Waals surface area (Å²) >= 11 is 0. The maximum absolute atomic E-state index is 5.66. The number of anilines is 1. The van der Waals surface area contributed by atoms with Gasteiger partial charge in [-0.05, 0) is 36.8 Å². The van der Waals surface area contributed by atoms with Gasteiger partial charge < -0.3 is 5.73 Å². The molecule has 0 radical (unpaired) electrons. The van der Waals surface area contributed by atoms with Crippen molar-refractivity contribution in [2.24, 2.45) is 0 Å². The van der Waals surface area contributed by atoms with Gasteiger partial charge in [0.2, 0.25) is 0 Å². The molecule has 13 heavy (non-hydrogen) atoms. The molecule has 0 saturated heterocycles. The van der Waals surface area contributed by atoms with Crippen LogP contribution in [0.1, 0.15) is 43.7 Å². The normalized spacial score (nSPS) is 10.8. The maximum atomic E-state index is 5.66. The summed E-state index contributed by atoms with van der Waals surface area (Å²) in [6.07, 6.45) is 4.24. The minimum absolute atomic E-state index is 0.631. The van der Waals surface area contributed by atoms with Crippen LogP contribution in [-0.2, 0) is 0 Å². The summed E-state index contributed by atoms with van der Waals surface area (Å²) in [6, 6.07) is 2.15. The molecule has 0 aliphatic rings. The van der Waals surface area contributed by atoms with Crippen molar-refractivity contribution in [1.82, 2.24) is 4.98 Å². The zero-order valence-electron chi connectivity index (χ0n) is 8.67. The van der Waals surface area contributed by atoms with Crippen LogP contribution in [0.4, 0.5) is 5.82 Å². The number of nitrogens with two attached hydrogens (primary N) is 1. The first-order valence-corrected chi connectivity index (χ1v) is 4.91. The summed E-state index contributed by atoms with van der Waals surface area (Å²) < 4.78 is 0. The largest absolute Gasteiger partial charge is 0.383 e. The molecule has 0 aliphatic heterocycles. The first kappa shape index (κ1) is 10.0. The third kappa shape index (κ3) is 2.20. The second kappa shape index (κ2) is 4.26. The standard InChI is InChI=1S/C11H18N2/c1-4-9(5-2)10-6-8(3)11(12)13-7-10/h6-7,9H,4-5H2,1-3H3,(H2,12,13). The third-order valence-corrected chi connectivity index (χ3v) is 2.60. The van der Waals surface area contributed by atoms with Gasteiger partial charge in [0, 0.05) is 6.20 Å². The van der Waals surface area contributed by atoms with Gasteiger partial charge in [0.25, 0.3) is 0 Å². The van der Waals surface area contributed by atoms with Crippen LogP contribution in [-0.4, -0.2) is 4.98 Å². The van der Waals surface area contributed by atoms with Crippen LogP contribution in [0, 0.1) is 6.92 Å². The molecule has 2 nitrogen and oxygen atoms in total. The van der Waals surface area contributed by atoms with Gasteiger partial charge in [-0.2, -0.15) is 0 Å². The molecular weight excluding hydrogens is 160 g/mol. The number of aryl methyl sites for hydroxylation is 1. The van der Waals surface area contributed by atoms with E-state index in [1.807, 2.05) is 13.1 Å². The van der Waals surface area contributed by atoms with E-state index in [-0.39, 0.29) is 0 Å². The van der Waals surface area contributed by atoms with E-state index in [1.165, 1.54) is 18.4 Å². The Morgan fingerprint density at radius 1 is 1.38 bits per heavy atom. The van der Waals surface area contributed by atoms with Gasteiger partial charge in [0.15, 0.2) is 0 Å². The molecule has 1 aromatic heterocycles. The van der Waals surface area contributed by atoms with Crippen molar-refractivity contribution in [1.29, 1.82) is 0 Å². The second-order valence-electron chi connectivity index (χ2n) is 3.48. The summed E-state index contributed by atoms with van der Waals surface area (Å²) in [7, 11) is 0. The monoisotopic (exact) mass is 178 g/mol. The van der Waals surface area contributed by atoms with Crippen molar-refractivity contribution in [2.45, 2.75) is 39.5 Å². The molecule has 1 heterocycles. The molecule has 0 aromatic carbocycles. The van der Waals surface area contributed by atoms with Crippen LogP contribution in [0.2, 0.25) is 0 Å². The maximum Gasteiger partial charge on any atom is 0.126 e. The fourth-order valence-corrected chi connectivity index (χ4v) is 1.59. The van der Waals surface area contributed by atoms with Crippen molar-refractivity contribution in [2.75, 3.05) is 5.73 Å². The number of aromatic nitrogens is 1. The van der Waals surface area contributed by atoms with Gasteiger partial charge in [-0.25, -0.2) is 4.98 Å². The molecule has 1 aromatic rings. The van der Waals surface area contributed by atoms with Gasteiger partial charge in [0.05, 0.1) is 0 Å². The van der Waals surface area contributed by atoms with Gasteiger partial charge in [0.1, 0.15) is 5.82 Å². The van der Waals surface area contributed by atoms with Crippen LogP contribution in [0.3, 0.4) is 0 Å². The summed E-state index contributed by atoms with van der Waals surface area (Å²) in [5, 5.41) is 0. The fourth-order valence-electron chi connectivity index (χ4n) is 1.59. The van der Waals surface area contributed by atoms with Crippen LogP contribution >= 0.6 is 0 Å². The lowest BCUT2D eigenvalue weighted by Crippen LogP contribution is -2.00. The van der Waals surface area contributed by atoms with Crippen LogP contribution in [0.15, 0.2) is 12.3 Å². The minimum atomic E-state index is 0.631. The molecule has 0 saturated carbocycles. The molecule has 72 valence electrons. The summed E-state index contributed by atoms with van der Waals surface area (Å²) in [5.41, 5.74) is 8.06. The Balaban J connectivity index is 2.95. The number of nitrogen functional groups attached to an aromatic ring is 1. The van der Waals surface area contributed by atoms with E-state index in [2.05, 4.69) is 24.9 Å². The molecular formula is C11H18N2. The lowest BCUT2D eigenvalue weighted by Gasteiger charge is -2.13. The average Bonchev–Trinajstić information content (AvgIpc) is 2.13. The molecule has 1 rings (SSSR count). The predicted octanol–water partition coefficient (Wildman–Crippen LogP) is 2.88. The van der Waals surface area contributed by atoms with E-state index in [4.69, 9.17) is 5.73 Å². The Kier molecular flexibility index (Phi) is 3.29. The van der Waals surface area contributed by atoms with Gasteiger partial charge >= 0.3 is 0 Å². The topological polar surface area (TPSA) is 38.9 Å². The van der Waals surface area contributed by atoms with Crippen molar-refractivity contribution < 1.29 is 0 Å². The first-order valence-electron chi connectivity index (χ1n) is 4.91. The van der Waals surface area contributed by atoms with E-state index < -0.39 is 0 Å². The zero-order valence-corrected chi connectivity index (χ0v) is 8.67. The number of nitrogens with zero attached hydrogens (tertiary/aromatic N) is 1. The van der Waals surface area contributed by atoms with Crippen LogP contribution in [0.25, 0.3) is 0 Å². The average molecular weight is 178 g/mol. The molecule has 0 bridgehead atoms. The van der Waals surface area contributed by atoms with Crippen LogP contribution < -0.4 is 5.73 Å². The molecule has 0 fully saturated rings. The van der Waals surface area contributed by atoms with Crippen molar-refractivity contribution in [3.8, 4) is 0 Å². The van der Waals surface area contributed by atoms with E-state index in [0.717, 1.165) is 5.56 Å². The van der Waals surface area contributed by atoms with E-state index in [1.54, 1.807) is 0 Å². The Morgan fingerprint density at radius 2 is 2.00 bits per heavy atom. The second-order valence-corrected chi connectivity index (χ2v) is 3.48. The number of hydrogen-bond acceptors (Lipinski definition) is 2. The van der Waals surface area contributed by atoms with E-state index in [0.29, 0.717) is 11.7 Å². The smallest absolute Gasteiger partial charge is 0.126 e. The summed E-state index contributed by atoms with van der Waals surface area (Å²) in [5.74, 6) is 1.28. The minimum Gasteiger partial charge on any atom is -0.383 e. The highest BCUT2D eigenvalue weighted by molar-refractivity contribution is 5.40. The molecule has 0 spiro atoms. The number of rotatable bonds is 3. The fraction of sp³-hybridized carbons (Fsp3) is 0.545.